The van der Waals surface area contributed by atoms with Gasteiger partial charge in [-0.3, -0.25) is 19.6 Å². The predicted octanol–water partition coefficient (Wildman–Crippen LogP) is 7.53. The SMILES string of the molecule is O=C(NCCc1ccccc1)c1ccc(SSc2ccc(C(=O)NCCc3ccccc3)c3cccnc23)c2ncccc12. The number of nitrogens with one attached hydrogen (secondary N) is 2. The first-order valence-corrected chi connectivity index (χ1v) is 16.6. The number of rotatable bonds is 11. The summed E-state index contributed by atoms with van der Waals surface area (Å²) in [7, 11) is 3.12. The average Bonchev–Trinajstić information content (AvgIpc) is 3.08. The zero-order valence-electron chi connectivity index (χ0n) is 23.9. The van der Waals surface area contributed by atoms with Crippen LogP contribution in [0.2, 0.25) is 0 Å². The second-order valence-corrected chi connectivity index (χ2v) is 12.4. The van der Waals surface area contributed by atoms with Crippen LogP contribution in [-0.2, 0) is 12.8 Å². The third-order valence-corrected chi connectivity index (χ3v) is 9.69. The number of carbonyl (C=O) groups is 2. The van der Waals surface area contributed by atoms with Gasteiger partial charge in [0, 0.05) is 57.2 Å². The van der Waals surface area contributed by atoms with Gasteiger partial charge in [0.1, 0.15) is 0 Å². The highest BCUT2D eigenvalue weighted by atomic mass is 33.1. The van der Waals surface area contributed by atoms with E-state index >= 15 is 0 Å². The fourth-order valence-electron chi connectivity index (χ4n) is 5.03. The summed E-state index contributed by atoms with van der Waals surface area (Å²) in [6, 6.07) is 35.4. The van der Waals surface area contributed by atoms with Gasteiger partial charge >= 0.3 is 0 Å². The molecule has 0 aliphatic rings. The van der Waals surface area contributed by atoms with Gasteiger partial charge in [0.2, 0.25) is 0 Å². The number of pyridine rings is 2. The van der Waals surface area contributed by atoms with Gasteiger partial charge in [-0.2, -0.15) is 0 Å². The molecule has 218 valence electrons. The summed E-state index contributed by atoms with van der Waals surface area (Å²) in [4.78, 5) is 37.4. The number of fused-ring (bicyclic) bond motifs is 2. The van der Waals surface area contributed by atoms with Crippen molar-refractivity contribution >= 4 is 55.2 Å². The quantitative estimate of drug-likeness (QED) is 0.147. The summed E-state index contributed by atoms with van der Waals surface area (Å²) >= 11 is 0. The van der Waals surface area contributed by atoms with Gasteiger partial charge in [-0.1, -0.05) is 94.4 Å². The molecule has 6 nitrogen and oxygen atoms in total. The first-order valence-electron chi connectivity index (χ1n) is 14.4. The maximum absolute atomic E-state index is 13.1. The lowest BCUT2D eigenvalue weighted by Gasteiger charge is -2.12. The summed E-state index contributed by atoms with van der Waals surface area (Å²) in [5, 5.41) is 7.72. The van der Waals surface area contributed by atoms with Gasteiger partial charge in [0.25, 0.3) is 11.8 Å². The van der Waals surface area contributed by atoms with Gasteiger partial charge in [-0.25, -0.2) is 0 Å². The van der Waals surface area contributed by atoms with E-state index < -0.39 is 0 Å². The maximum atomic E-state index is 13.1. The fraction of sp³-hybridized carbons (Fsp3) is 0.111. The van der Waals surface area contributed by atoms with Crippen molar-refractivity contribution in [3.8, 4) is 0 Å². The van der Waals surface area contributed by atoms with Crippen molar-refractivity contribution in [2.75, 3.05) is 13.1 Å². The minimum atomic E-state index is -0.115. The average molecular weight is 615 g/mol. The first kappa shape index (κ1) is 29.4. The van der Waals surface area contributed by atoms with E-state index in [0.29, 0.717) is 24.2 Å². The van der Waals surface area contributed by atoms with E-state index in [1.54, 1.807) is 34.0 Å². The minimum absolute atomic E-state index is 0.115. The summed E-state index contributed by atoms with van der Waals surface area (Å²) in [6.07, 6.45) is 5.03. The van der Waals surface area contributed by atoms with Crippen LogP contribution in [-0.4, -0.2) is 34.9 Å². The third kappa shape index (κ3) is 6.93. The Morgan fingerprint density at radius 1 is 0.523 bits per heavy atom. The van der Waals surface area contributed by atoms with E-state index in [2.05, 4.69) is 44.9 Å². The highest BCUT2D eigenvalue weighted by Gasteiger charge is 2.17. The molecular weight excluding hydrogens is 585 g/mol. The van der Waals surface area contributed by atoms with Crippen LogP contribution in [0.15, 0.2) is 131 Å². The Labute approximate surface area is 264 Å². The third-order valence-electron chi connectivity index (χ3n) is 7.26. The molecule has 0 radical (unpaired) electrons. The van der Waals surface area contributed by atoms with Gasteiger partial charge in [0.05, 0.1) is 11.0 Å². The summed E-state index contributed by atoms with van der Waals surface area (Å²) < 4.78 is 0. The largest absolute Gasteiger partial charge is 0.352 e. The van der Waals surface area contributed by atoms with Crippen molar-refractivity contribution in [3.05, 3.63) is 144 Å². The first-order chi connectivity index (χ1) is 21.7. The predicted molar refractivity (Wildman–Crippen MR) is 180 cm³/mol. The number of benzene rings is 4. The second-order valence-electron chi connectivity index (χ2n) is 10.2. The molecule has 6 aromatic rings. The molecule has 44 heavy (non-hydrogen) atoms. The van der Waals surface area contributed by atoms with Crippen molar-refractivity contribution in [1.82, 2.24) is 20.6 Å². The molecule has 8 heteroatoms. The lowest BCUT2D eigenvalue weighted by atomic mass is 10.1. The number of aromatic nitrogens is 2. The summed E-state index contributed by atoms with van der Waals surface area (Å²) in [6.45, 7) is 1.11. The molecule has 4 aromatic carbocycles. The zero-order chi connectivity index (χ0) is 30.1. The van der Waals surface area contributed by atoms with Crippen molar-refractivity contribution in [1.29, 1.82) is 0 Å². The molecule has 0 spiro atoms. The molecule has 2 aromatic heterocycles. The van der Waals surface area contributed by atoms with Crippen LogP contribution >= 0.6 is 21.6 Å². The lowest BCUT2D eigenvalue weighted by molar-refractivity contribution is 0.0947. The van der Waals surface area contributed by atoms with Crippen LogP contribution in [0.3, 0.4) is 0 Å². The van der Waals surface area contributed by atoms with Gasteiger partial charge in [-0.05, 0) is 60.4 Å². The smallest absolute Gasteiger partial charge is 0.251 e. The number of nitrogens with zero attached hydrogens (tertiary/aromatic N) is 2. The molecular formula is C36H30N4O2S2. The van der Waals surface area contributed by atoms with Gasteiger partial charge < -0.3 is 10.6 Å². The topological polar surface area (TPSA) is 84.0 Å². The van der Waals surface area contributed by atoms with Crippen LogP contribution in [0.25, 0.3) is 21.8 Å². The Morgan fingerprint density at radius 3 is 1.39 bits per heavy atom. The molecule has 0 unspecified atom stereocenters. The Morgan fingerprint density at radius 2 is 0.955 bits per heavy atom. The van der Waals surface area contributed by atoms with E-state index in [0.717, 1.165) is 44.4 Å². The van der Waals surface area contributed by atoms with Crippen LogP contribution in [0.5, 0.6) is 0 Å². The van der Waals surface area contributed by atoms with Crippen LogP contribution in [0.4, 0.5) is 0 Å². The molecule has 6 rings (SSSR count). The van der Waals surface area contributed by atoms with Gasteiger partial charge in [-0.15, -0.1) is 0 Å². The van der Waals surface area contributed by atoms with Crippen LogP contribution < -0.4 is 10.6 Å². The maximum Gasteiger partial charge on any atom is 0.251 e. The normalized spacial score (nSPS) is 11.0. The summed E-state index contributed by atoms with van der Waals surface area (Å²) in [5.41, 5.74) is 5.11. The Bertz CT molecular complexity index is 1780. The fourth-order valence-corrected chi connectivity index (χ4v) is 7.29. The standard InChI is InChI=1S/C36H30N4O2S2/c41-35(39-23-19-25-9-3-1-4-10-25)29-15-17-31(33-27(29)13-7-21-37-33)43-44-32-18-16-30(28-14-8-22-38-34(28)32)36(42)40-24-20-26-11-5-2-6-12-26/h1-18,21-22H,19-20,23-24H2,(H,39,41)(H,40,42). The molecule has 2 heterocycles. The Hall–Kier alpha value is -4.66. The number of amides is 2. The highest BCUT2D eigenvalue weighted by Crippen LogP contribution is 2.43. The van der Waals surface area contributed by atoms with Crippen molar-refractivity contribution in [2.45, 2.75) is 22.6 Å². The van der Waals surface area contributed by atoms with E-state index in [1.165, 1.54) is 11.1 Å². The molecule has 0 bridgehead atoms. The number of carbonyl (C=O) groups excluding carboxylic acids is 2. The molecule has 0 saturated heterocycles. The molecule has 0 fully saturated rings. The molecule has 0 atom stereocenters. The number of hydrogen-bond donors (Lipinski definition) is 2. The van der Waals surface area contributed by atoms with Crippen molar-refractivity contribution in [3.63, 3.8) is 0 Å². The second kappa shape index (κ2) is 14.2. The van der Waals surface area contributed by atoms with Crippen LogP contribution in [0, 0.1) is 0 Å². The lowest BCUT2D eigenvalue weighted by Crippen LogP contribution is -2.26. The molecule has 0 aliphatic carbocycles. The van der Waals surface area contributed by atoms with E-state index in [9.17, 15) is 9.59 Å². The van der Waals surface area contributed by atoms with E-state index in [1.807, 2.05) is 84.9 Å². The molecule has 0 saturated carbocycles. The summed E-state index contributed by atoms with van der Waals surface area (Å²) in [5.74, 6) is -0.230. The Kier molecular flexibility index (Phi) is 9.50. The number of hydrogen-bond acceptors (Lipinski definition) is 6. The minimum Gasteiger partial charge on any atom is -0.352 e. The van der Waals surface area contributed by atoms with E-state index in [-0.39, 0.29) is 11.8 Å². The zero-order valence-corrected chi connectivity index (χ0v) is 25.5. The van der Waals surface area contributed by atoms with Crippen molar-refractivity contribution in [2.24, 2.45) is 0 Å². The molecule has 0 aliphatic heterocycles. The van der Waals surface area contributed by atoms with Gasteiger partial charge in [0.15, 0.2) is 0 Å². The molecule has 2 amide bonds. The highest BCUT2D eigenvalue weighted by molar-refractivity contribution is 8.76. The Balaban J connectivity index is 1.16. The van der Waals surface area contributed by atoms with Crippen molar-refractivity contribution < 1.29 is 9.59 Å². The monoisotopic (exact) mass is 614 g/mol. The van der Waals surface area contributed by atoms with E-state index in [4.69, 9.17) is 0 Å². The molecule has 2 N–H and O–H groups in total. The van der Waals surface area contributed by atoms with Crippen LogP contribution in [0.1, 0.15) is 31.8 Å².